The second-order valence-electron chi connectivity index (χ2n) is 6.27. The Bertz CT molecular complexity index is 430. The van der Waals surface area contributed by atoms with Crippen molar-refractivity contribution < 1.29 is 0 Å². The number of hydrogen-bond acceptors (Lipinski definition) is 3. The second-order valence-corrected chi connectivity index (χ2v) is 6.27. The van der Waals surface area contributed by atoms with Gasteiger partial charge in [-0.3, -0.25) is 0 Å². The highest BCUT2D eigenvalue weighted by Gasteiger charge is 2.33. The van der Waals surface area contributed by atoms with Crippen molar-refractivity contribution in [2.45, 2.75) is 57.9 Å². The topological polar surface area (TPSA) is 28.2 Å². The highest BCUT2D eigenvalue weighted by atomic mass is 15.2. The van der Waals surface area contributed by atoms with E-state index in [4.69, 9.17) is 0 Å². The van der Waals surface area contributed by atoms with E-state index in [1.165, 1.54) is 50.8 Å². The summed E-state index contributed by atoms with van der Waals surface area (Å²) in [6.07, 6.45) is 11.5. The molecule has 1 aliphatic heterocycles. The van der Waals surface area contributed by atoms with Gasteiger partial charge in [-0.05, 0) is 44.1 Å². The third-order valence-electron chi connectivity index (χ3n) is 4.87. The maximum atomic E-state index is 4.44. The van der Waals surface area contributed by atoms with E-state index in [0.717, 1.165) is 30.7 Å². The van der Waals surface area contributed by atoms with E-state index >= 15 is 0 Å². The molecule has 3 nitrogen and oxygen atoms in total. The van der Waals surface area contributed by atoms with Crippen LogP contribution in [0.15, 0.2) is 18.3 Å². The zero-order valence-corrected chi connectivity index (χ0v) is 12.6. The number of piperidine rings is 1. The van der Waals surface area contributed by atoms with Gasteiger partial charge in [0.1, 0.15) is 5.82 Å². The van der Waals surface area contributed by atoms with Crippen LogP contribution in [0.25, 0.3) is 0 Å². The van der Waals surface area contributed by atoms with Crippen molar-refractivity contribution in [3.63, 3.8) is 0 Å². The highest BCUT2D eigenvalue weighted by molar-refractivity contribution is 5.55. The van der Waals surface area contributed by atoms with Crippen molar-refractivity contribution in [2.75, 3.05) is 23.3 Å². The number of pyridine rings is 1. The van der Waals surface area contributed by atoms with Crippen LogP contribution in [0.2, 0.25) is 0 Å². The average Bonchev–Trinajstić information content (AvgIpc) is 2.52. The fraction of sp³-hybridized carbons (Fsp3) is 0.706. The number of fused-ring (bicyclic) bond motifs is 1. The molecule has 2 heterocycles. The number of anilines is 2. The molecule has 2 atom stereocenters. The van der Waals surface area contributed by atoms with Gasteiger partial charge in [-0.2, -0.15) is 0 Å². The number of nitrogens with one attached hydrogen (secondary N) is 1. The monoisotopic (exact) mass is 273 g/mol. The molecule has 1 aromatic heterocycles. The summed E-state index contributed by atoms with van der Waals surface area (Å²) in [4.78, 5) is 7.10. The number of nitrogens with zero attached hydrogens (tertiary/aromatic N) is 2. The first-order chi connectivity index (χ1) is 9.88. The molecule has 0 radical (unpaired) electrons. The Balaban J connectivity index is 1.76. The molecule has 1 saturated heterocycles. The van der Waals surface area contributed by atoms with Crippen molar-refractivity contribution in [3.8, 4) is 0 Å². The Morgan fingerprint density at radius 2 is 2.10 bits per heavy atom. The summed E-state index contributed by atoms with van der Waals surface area (Å²) in [5.74, 6) is 1.96. The largest absolute Gasteiger partial charge is 0.370 e. The van der Waals surface area contributed by atoms with E-state index in [0.29, 0.717) is 0 Å². The number of hydrogen-bond donors (Lipinski definition) is 1. The summed E-state index contributed by atoms with van der Waals surface area (Å²) >= 11 is 0. The van der Waals surface area contributed by atoms with E-state index in [1.807, 2.05) is 6.20 Å². The first-order valence-electron chi connectivity index (χ1n) is 8.35. The maximum Gasteiger partial charge on any atom is 0.127 e. The van der Waals surface area contributed by atoms with Crippen LogP contribution in [0.5, 0.6) is 0 Å². The van der Waals surface area contributed by atoms with E-state index in [1.54, 1.807) is 0 Å². The van der Waals surface area contributed by atoms with Crippen LogP contribution in [-0.4, -0.2) is 24.1 Å². The Hall–Kier alpha value is -1.25. The standard InChI is InChI=1S/C17H27N3/c1-2-10-18-17-13-15(9-11-19-17)20-12-5-7-14-6-3-4-8-16(14)20/h9,11,13-14,16H,2-8,10,12H2,1H3,(H,18,19)/t14-,16-/m1/s1. The summed E-state index contributed by atoms with van der Waals surface area (Å²) in [7, 11) is 0. The molecule has 1 saturated carbocycles. The quantitative estimate of drug-likeness (QED) is 0.896. The molecule has 2 fully saturated rings. The van der Waals surface area contributed by atoms with Crippen LogP contribution in [0.4, 0.5) is 11.5 Å². The van der Waals surface area contributed by atoms with Gasteiger partial charge >= 0.3 is 0 Å². The molecule has 1 N–H and O–H groups in total. The van der Waals surface area contributed by atoms with Gasteiger partial charge in [0.15, 0.2) is 0 Å². The normalized spacial score (nSPS) is 26.1. The zero-order valence-electron chi connectivity index (χ0n) is 12.6. The molecule has 20 heavy (non-hydrogen) atoms. The Morgan fingerprint density at radius 3 is 3.00 bits per heavy atom. The molecule has 110 valence electrons. The minimum absolute atomic E-state index is 0.777. The summed E-state index contributed by atoms with van der Waals surface area (Å²) in [6, 6.07) is 5.21. The fourth-order valence-corrected chi connectivity index (χ4v) is 3.89. The minimum atomic E-state index is 0.777. The summed E-state index contributed by atoms with van der Waals surface area (Å²) in [5, 5.41) is 3.41. The fourth-order valence-electron chi connectivity index (χ4n) is 3.89. The lowest BCUT2D eigenvalue weighted by molar-refractivity contribution is 0.244. The Kier molecular flexibility index (Phi) is 4.44. The van der Waals surface area contributed by atoms with Gasteiger partial charge in [-0.25, -0.2) is 4.98 Å². The first-order valence-corrected chi connectivity index (χ1v) is 8.35. The molecule has 1 aliphatic carbocycles. The molecule has 3 rings (SSSR count). The zero-order chi connectivity index (χ0) is 13.8. The predicted octanol–water partition coefficient (Wildman–Crippen LogP) is 4.06. The molecule has 1 aromatic rings. The van der Waals surface area contributed by atoms with Crippen LogP contribution in [0.3, 0.4) is 0 Å². The van der Waals surface area contributed by atoms with E-state index in [2.05, 4.69) is 34.3 Å². The van der Waals surface area contributed by atoms with Crippen molar-refractivity contribution in [2.24, 2.45) is 5.92 Å². The van der Waals surface area contributed by atoms with E-state index in [-0.39, 0.29) is 0 Å². The summed E-state index contributed by atoms with van der Waals surface area (Å²) in [5.41, 5.74) is 1.37. The lowest BCUT2D eigenvalue weighted by Gasteiger charge is -2.45. The third kappa shape index (κ3) is 2.92. The van der Waals surface area contributed by atoms with Gasteiger partial charge in [0.05, 0.1) is 0 Å². The lowest BCUT2D eigenvalue weighted by Crippen LogP contribution is -2.46. The smallest absolute Gasteiger partial charge is 0.127 e. The molecular weight excluding hydrogens is 246 g/mol. The molecule has 0 spiro atoms. The van der Waals surface area contributed by atoms with Gasteiger partial charge in [-0.1, -0.05) is 19.8 Å². The van der Waals surface area contributed by atoms with Crippen molar-refractivity contribution in [1.29, 1.82) is 0 Å². The molecule has 3 heteroatoms. The maximum absolute atomic E-state index is 4.44. The number of aromatic nitrogens is 1. The van der Waals surface area contributed by atoms with Crippen LogP contribution in [0, 0.1) is 5.92 Å². The molecular formula is C17H27N3. The summed E-state index contributed by atoms with van der Waals surface area (Å²) < 4.78 is 0. The van der Waals surface area contributed by atoms with Crippen LogP contribution >= 0.6 is 0 Å². The Morgan fingerprint density at radius 1 is 1.25 bits per heavy atom. The molecule has 0 bridgehead atoms. The molecule has 2 aliphatic rings. The van der Waals surface area contributed by atoms with Crippen LogP contribution < -0.4 is 10.2 Å². The van der Waals surface area contributed by atoms with Crippen molar-refractivity contribution in [3.05, 3.63) is 18.3 Å². The predicted molar refractivity (Wildman–Crippen MR) is 85.3 cm³/mol. The van der Waals surface area contributed by atoms with Crippen molar-refractivity contribution in [1.82, 2.24) is 4.98 Å². The third-order valence-corrected chi connectivity index (χ3v) is 4.87. The van der Waals surface area contributed by atoms with Gasteiger partial charge < -0.3 is 10.2 Å². The SMILES string of the molecule is CCCNc1cc(N2CCC[C@H]3CCCC[C@H]32)ccn1. The lowest BCUT2D eigenvalue weighted by atomic mass is 9.78. The van der Waals surface area contributed by atoms with E-state index < -0.39 is 0 Å². The minimum Gasteiger partial charge on any atom is -0.370 e. The van der Waals surface area contributed by atoms with Gasteiger partial charge in [0.25, 0.3) is 0 Å². The molecule has 0 aromatic carbocycles. The van der Waals surface area contributed by atoms with Gasteiger partial charge in [-0.15, -0.1) is 0 Å². The Labute approximate surface area is 122 Å². The summed E-state index contributed by atoms with van der Waals surface area (Å²) in [6.45, 7) is 4.41. The molecule has 0 unspecified atom stereocenters. The first kappa shape index (κ1) is 13.7. The highest BCUT2D eigenvalue weighted by Crippen LogP contribution is 2.37. The van der Waals surface area contributed by atoms with Gasteiger partial charge in [0, 0.05) is 37.1 Å². The van der Waals surface area contributed by atoms with Gasteiger partial charge in [0.2, 0.25) is 0 Å². The van der Waals surface area contributed by atoms with Crippen LogP contribution in [0.1, 0.15) is 51.9 Å². The van der Waals surface area contributed by atoms with Crippen molar-refractivity contribution >= 4 is 11.5 Å². The average molecular weight is 273 g/mol. The van der Waals surface area contributed by atoms with E-state index in [9.17, 15) is 0 Å². The number of rotatable bonds is 4. The molecule has 0 amide bonds. The van der Waals surface area contributed by atoms with Crippen LogP contribution in [-0.2, 0) is 0 Å². The second kappa shape index (κ2) is 6.47.